The zero-order valence-corrected chi connectivity index (χ0v) is 16.0. The van der Waals surface area contributed by atoms with E-state index in [-0.39, 0.29) is 17.1 Å². The largest absolute Gasteiger partial charge is 0.416 e. The van der Waals surface area contributed by atoms with Crippen LogP contribution in [0, 0.1) is 5.82 Å². The van der Waals surface area contributed by atoms with Gasteiger partial charge in [0.05, 0.1) is 16.8 Å². The first-order valence-corrected chi connectivity index (χ1v) is 8.90. The Hall–Kier alpha value is -3.95. The summed E-state index contributed by atoms with van der Waals surface area (Å²) in [6.45, 7) is 0. The van der Waals surface area contributed by atoms with Crippen molar-refractivity contribution in [2.45, 2.75) is 6.18 Å². The Labute approximate surface area is 174 Å². The molecule has 0 saturated heterocycles. The van der Waals surface area contributed by atoms with E-state index in [0.717, 1.165) is 0 Å². The predicted octanol–water partition coefficient (Wildman–Crippen LogP) is 4.60. The number of alkyl halides is 3. The molecule has 1 aromatic heterocycles. The fourth-order valence-electron chi connectivity index (χ4n) is 2.67. The number of pyridine rings is 1. The van der Waals surface area contributed by atoms with E-state index < -0.39 is 34.9 Å². The maximum atomic E-state index is 13.7. The zero-order valence-electron chi connectivity index (χ0n) is 16.0. The summed E-state index contributed by atoms with van der Waals surface area (Å²) in [5.41, 5.74) is -1.09. The number of nitrogens with zero attached hydrogens (tertiary/aromatic N) is 1. The first-order chi connectivity index (χ1) is 14.7. The Bertz CT molecular complexity index is 1120. The number of nitrogens with one attached hydrogen (secondary N) is 3. The third-order valence-electron chi connectivity index (χ3n) is 4.15. The highest BCUT2D eigenvalue weighted by Crippen LogP contribution is 2.31. The third kappa shape index (κ3) is 5.35. The van der Waals surface area contributed by atoms with E-state index in [1.807, 2.05) is 0 Å². The standard InChI is InChI=1S/C21H16F4N4O2/c1-26-19(30)13-9-17(18(27-11-13)28-16-5-3-2-4-6-16)29-20(31)12-7-14(21(23,24)25)10-15(22)8-12/h2-11H,1H3,(H,26,30)(H,27,28)(H,29,31). The van der Waals surface area contributed by atoms with E-state index in [1.165, 1.54) is 19.3 Å². The first-order valence-electron chi connectivity index (χ1n) is 8.90. The Kier molecular flexibility index (Phi) is 6.19. The van der Waals surface area contributed by atoms with Crippen molar-refractivity contribution >= 4 is 29.0 Å². The second-order valence-corrected chi connectivity index (χ2v) is 6.37. The average molecular weight is 432 g/mol. The molecule has 0 atom stereocenters. The lowest BCUT2D eigenvalue weighted by atomic mass is 10.1. The molecule has 1 heterocycles. The van der Waals surface area contributed by atoms with Gasteiger partial charge in [-0.2, -0.15) is 13.2 Å². The fourth-order valence-corrected chi connectivity index (χ4v) is 2.67. The lowest BCUT2D eigenvalue weighted by Gasteiger charge is -2.14. The molecule has 3 N–H and O–H groups in total. The van der Waals surface area contributed by atoms with Crippen LogP contribution in [0.4, 0.5) is 34.8 Å². The van der Waals surface area contributed by atoms with Gasteiger partial charge >= 0.3 is 6.18 Å². The highest BCUT2D eigenvalue weighted by Gasteiger charge is 2.32. The Morgan fingerprint density at radius 3 is 2.29 bits per heavy atom. The molecule has 0 aliphatic carbocycles. The molecule has 0 aliphatic heterocycles. The van der Waals surface area contributed by atoms with Crippen molar-refractivity contribution in [2.24, 2.45) is 0 Å². The van der Waals surface area contributed by atoms with Crippen LogP contribution in [0.25, 0.3) is 0 Å². The molecule has 2 amide bonds. The third-order valence-corrected chi connectivity index (χ3v) is 4.15. The van der Waals surface area contributed by atoms with Crippen molar-refractivity contribution in [1.29, 1.82) is 0 Å². The molecule has 2 aromatic carbocycles. The fraction of sp³-hybridized carbons (Fsp3) is 0.0952. The lowest BCUT2D eigenvalue weighted by Crippen LogP contribution is -2.20. The molecule has 0 saturated carbocycles. The van der Waals surface area contributed by atoms with Gasteiger partial charge in [-0.05, 0) is 36.4 Å². The van der Waals surface area contributed by atoms with Gasteiger partial charge in [0.2, 0.25) is 0 Å². The molecule has 0 spiro atoms. The molecular formula is C21H16F4N4O2. The predicted molar refractivity (Wildman–Crippen MR) is 107 cm³/mol. The van der Waals surface area contributed by atoms with Crippen molar-refractivity contribution < 1.29 is 27.2 Å². The SMILES string of the molecule is CNC(=O)c1cnc(Nc2ccccc2)c(NC(=O)c2cc(F)cc(C(F)(F)F)c2)c1. The number of carbonyl (C=O) groups is 2. The molecule has 0 bridgehead atoms. The van der Waals surface area contributed by atoms with E-state index in [2.05, 4.69) is 20.9 Å². The molecular weight excluding hydrogens is 416 g/mol. The molecule has 10 heteroatoms. The number of para-hydroxylation sites is 1. The van der Waals surface area contributed by atoms with E-state index in [0.29, 0.717) is 23.9 Å². The summed E-state index contributed by atoms with van der Waals surface area (Å²) in [5, 5.41) is 7.75. The maximum Gasteiger partial charge on any atom is 0.416 e. The minimum Gasteiger partial charge on any atom is -0.355 e. The molecule has 3 aromatic rings. The van der Waals surface area contributed by atoms with E-state index in [4.69, 9.17) is 0 Å². The highest BCUT2D eigenvalue weighted by atomic mass is 19.4. The van der Waals surface area contributed by atoms with Gasteiger partial charge in [-0.25, -0.2) is 9.37 Å². The maximum absolute atomic E-state index is 13.7. The van der Waals surface area contributed by atoms with Crippen molar-refractivity contribution in [1.82, 2.24) is 10.3 Å². The topological polar surface area (TPSA) is 83.1 Å². The summed E-state index contributed by atoms with van der Waals surface area (Å²) in [6, 6.07) is 11.6. The molecule has 0 unspecified atom stereocenters. The molecule has 0 aliphatic rings. The molecule has 31 heavy (non-hydrogen) atoms. The molecule has 3 rings (SSSR count). The van der Waals surface area contributed by atoms with Crippen LogP contribution in [0.1, 0.15) is 26.3 Å². The Morgan fingerprint density at radius 2 is 1.65 bits per heavy atom. The van der Waals surface area contributed by atoms with Crippen LogP contribution in [-0.4, -0.2) is 23.8 Å². The monoisotopic (exact) mass is 432 g/mol. The van der Waals surface area contributed by atoms with Crippen molar-refractivity contribution in [2.75, 3.05) is 17.7 Å². The van der Waals surface area contributed by atoms with Crippen molar-refractivity contribution in [3.8, 4) is 0 Å². The van der Waals surface area contributed by atoms with E-state index in [9.17, 15) is 27.2 Å². The summed E-state index contributed by atoms with van der Waals surface area (Å²) < 4.78 is 52.6. The quantitative estimate of drug-likeness (QED) is 0.515. The highest BCUT2D eigenvalue weighted by molar-refractivity contribution is 6.07. The molecule has 160 valence electrons. The second-order valence-electron chi connectivity index (χ2n) is 6.37. The average Bonchev–Trinajstić information content (AvgIpc) is 2.74. The number of carbonyl (C=O) groups excluding carboxylic acids is 2. The van der Waals surface area contributed by atoms with Gasteiger partial charge < -0.3 is 16.0 Å². The van der Waals surface area contributed by atoms with Crippen LogP contribution in [0.5, 0.6) is 0 Å². The number of anilines is 3. The van der Waals surface area contributed by atoms with Gasteiger partial charge in [0, 0.05) is 24.5 Å². The summed E-state index contributed by atoms with van der Waals surface area (Å²) in [5.74, 6) is -2.56. The lowest BCUT2D eigenvalue weighted by molar-refractivity contribution is -0.137. The number of halogens is 4. The van der Waals surface area contributed by atoms with Crippen molar-refractivity contribution in [3.63, 3.8) is 0 Å². The second kappa shape index (κ2) is 8.82. The Morgan fingerprint density at radius 1 is 0.935 bits per heavy atom. The van der Waals surface area contributed by atoms with Gasteiger partial charge in [0.15, 0.2) is 5.82 Å². The van der Waals surface area contributed by atoms with Gasteiger partial charge in [0.25, 0.3) is 11.8 Å². The summed E-state index contributed by atoms with van der Waals surface area (Å²) in [6.07, 6.45) is -3.55. The molecule has 6 nitrogen and oxygen atoms in total. The number of hydrogen-bond acceptors (Lipinski definition) is 4. The smallest absolute Gasteiger partial charge is 0.355 e. The normalized spacial score (nSPS) is 11.0. The van der Waals surface area contributed by atoms with Crippen LogP contribution in [-0.2, 0) is 6.18 Å². The molecule has 0 fully saturated rings. The van der Waals surface area contributed by atoms with E-state index >= 15 is 0 Å². The number of rotatable bonds is 5. The van der Waals surface area contributed by atoms with Crippen LogP contribution in [0.2, 0.25) is 0 Å². The number of benzene rings is 2. The van der Waals surface area contributed by atoms with Gasteiger partial charge in [0.1, 0.15) is 5.82 Å². The van der Waals surface area contributed by atoms with Gasteiger partial charge in [-0.1, -0.05) is 18.2 Å². The number of hydrogen-bond donors (Lipinski definition) is 3. The minimum absolute atomic E-state index is 0.0211. The molecule has 0 radical (unpaired) electrons. The zero-order chi connectivity index (χ0) is 22.6. The van der Waals surface area contributed by atoms with Crippen LogP contribution in [0.15, 0.2) is 60.8 Å². The van der Waals surface area contributed by atoms with Crippen LogP contribution in [0.3, 0.4) is 0 Å². The van der Waals surface area contributed by atoms with Crippen LogP contribution < -0.4 is 16.0 Å². The van der Waals surface area contributed by atoms with Gasteiger partial charge in [-0.15, -0.1) is 0 Å². The Balaban J connectivity index is 1.97. The summed E-state index contributed by atoms with van der Waals surface area (Å²) >= 11 is 0. The number of aromatic nitrogens is 1. The first kappa shape index (κ1) is 21.8. The summed E-state index contributed by atoms with van der Waals surface area (Å²) in [7, 11) is 1.40. The van der Waals surface area contributed by atoms with Gasteiger partial charge in [-0.3, -0.25) is 9.59 Å². The number of amides is 2. The summed E-state index contributed by atoms with van der Waals surface area (Å²) in [4.78, 5) is 28.7. The van der Waals surface area contributed by atoms with Crippen LogP contribution >= 0.6 is 0 Å². The minimum atomic E-state index is -4.82. The van der Waals surface area contributed by atoms with Crippen molar-refractivity contribution in [3.05, 3.63) is 83.3 Å². The van der Waals surface area contributed by atoms with E-state index in [1.54, 1.807) is 30.3 Å².